The van der Waals surface area contributed by atoms with Gasteiger partial charge in [0.15, 0.2) is 5.78 Å². The maximum absolute atomic E-state index is 13.1. The number of aromatic nitrogens is 1. The lowest BCUT2D eigenvalue weighted by atomic mass is 9.94. The van der Waals surface area contributed by atoms with Crippen LogP contribution in [0.3, 0.4) is 0 Å². The Morgan fingerprint density at radius 3 is 2.43 bits per heavy atom. The number of allylic oxidation sites excluding steroid dienone is 1. The molecule has 0 radical (unpaired) electrons. The van der Waals surface area contributed by atoms with Gasteiger partial charge >= 0.3 is 0 Å². The largest absolute Gasteiger partial charge is 0.497 e. The quantitative estimate of drug-likeness (QED) is 0.333. The molecular formula is C25H18ClNO3. The first-order valence-electron chi connectivity index (χ1n) is 9.34. The van der Waals surface area contributed by atoms with Crippen LogP contribution in [0.25, 0.3) is 28.1 Å². The Bertz CT molecular complexity index is 1310. The lowest BCUT2D eigenvalue weighted by Crippen LogP contribution is -2.18. The topological polar surface area (TPSA) is 59.2 Å². The van der Waals surface area contributed by atoms with Gasteiger partial charge in [-0.05, 0) is 47.5 Å². The van der Waals surface area contributed by atoms with E-state index in [0.717, 1.165) is 22.3 Å². The Hall–Kier alpha value is -3.63. The van der Waals surface area contributed by atoms with Gasteiger partial charge in [-0.1, -0.05) is 60.1 Å². The molecule has 0 aliphatic rings. The highest BCUT2D eigenvalue weighted by molar-refractivity contribution is 6.31. The zero-order valence-electron chi connectivity index (χ0n) is 16.2. The number of methoxy groups -OCH3 is 1. The molecule has 0 saturated carbocycles. The van der Waals surface area contributed by atoms with E-state index in [-0.39, 0.29) is 11.3 Å². The van der Waals surface area contributed by atoms with Crippen LogP contribution >= 0.6 is 11.6 Å². The number of benzene rings is 3. The Morgan fingerprint density at radius 1 is 1.00 bits per heavy atom. The van der Waals surface area contributed by atoms with E-state index >= 15 is 0 Å². The summed E-state index contributed by atoms with van der Waals surface area (Å²) in [6.07, 6.45) is 3.09. The van der Waals surface area contributed by atoms with Crippen molar-refractivity contribution in [3.63, 3.8) is 0 Å². The zero-order valence-corrected chi connectivity index (χ0v) is 16.9. The predicted molar refractivity (Wildman–Crippen MR) is 121 cm³/mol. The summed E-state index contributed by atoms with van der Waals surface area (Å²) in [5.74, 6) is 0.348. The molecule has 1 heterocycles. The summed E-state index contributed by atoms with van der Waals surface area (Å²) in [5, 5.41) is 1.24. The van der Waals surface area contributed by atoms with Gasteiger partial charge in [0.05, 0.1) is 12.7 Å². The summed E-state index contributed by atoms with van der Waals surface area (Å²) in [7, 11) is 1.59. The number of ketones is 1. The van der Waals surface area contributed by atoms with E-state index in [1.807, 2.05) is 54.6 Å². The van der Waals surface area contributed by atoms with E-state index in [9.17, 15) is 9.59 Å². The van der Waals surface area contributed by atoms with Gasteiger partial charge in [0.25, 0.3) is 5.56 Å². The minimum atomic E-state index is -0.437. The molecule has 1 aromatic heterocycles. The fraction of sp³-hybridized carbons (Fsp3) is 0.0400. The van der Waals surface area contributed by atoms with E-state index in [1.165, 1.54) is 6.08 Å². The molecule has 5 heteroatoms. The number of pyridine rings is 1. The van der Waals surface area contributed by atoms with Gasteiger partial charge in [-0.25, -0.2) is 0 Å². The van der Waals surface area contributed by atoms with Crippen LogP contribution in [0.5, 0.6) is 5.75 Å². The highest BCUT2D eigenvalue weighted by atomic mass is 35.5. The number of carbonyl (C=O) groups is 1. The predicted octanol–water partition coefficient (Wildman–Crippen LogP) is 5.75. The number of fused-ring (bicyclic) bond motifs is 1. The van der Waals surface area contributed by atoms with Crippen LogP contribution in [0.1, 0.15) is 15.9 Å². The van der Waals surface area contributed by atoms with Crippen molar-refractivity contribution >= 4 is 34.4 Å². The molecule has 4 nitrogen and oxygen atoms in total. The van der Waals surface area contributed by atoms with Crippen molar-refractivity contribution in [2.75, 3.05) is 7.11 Å². The fourth-order valence-corrected chi connectivity index (χ4v) is 3.55. The first kappa shape index (κ1) is 19.7. The second-order valence-corrected chi connectivity index (χ2v) is 7.17. The second-order valence-electron chi connectivity index (χ2n) is 6.73. The number of ether oxygens (including phenoxy) is 1. The van der Waals surface area contributed by atoms with Gasteiger partial charge < -0.3 is 9.72 Å². The zero-order chi connectivity index (χ0) is 21.1. The van der Waals surface area contributed by atoms with Gasteiger partial charge in [-0.3, -0.25) is 9.59 Å². The van der Waals surface area contributed by atoms with Crippen molar-refractivity contribution in [2.45, 2.75) is 0 Å². The number of carbonyl (C=O) groups excluding carboxylic acids is 1. The van der Waals surface area contributed by atoms with Crippen LogP contribution in [0.4, 0.5) is 0 Å². The van der Waals surface area contributed by atoms with Gasteiger partial charge in [0.1, 0.15) is 5.75 Å². The molecule has 148 valence electrons. The third kappa shape index (κ3) is 3.91. The molecule has 0 atom stereocenters. The van der Waals surface area contributed by atoms with Crippen molar-refractivity contribution in [2.24, 2.45) is 0 Å². The van der Waals surface area contributed by atoms with Crippen molar-refractivity contribution in [1.29, 1.82) is 0 Å². The lowest BCUT2D eigenvalue weighted by molar-refractivity contribution is 0.104. The maximum Gasteiger partial charge on any atom is 0.260 e. The molecule has 0 bridgehead atoms. The van der Waals surface area contributed by atoms with Crippen LogP contribution in [-0.2, 0) is 0 Å². The molecule has 30 heavy (non-hydrogen) atoms. The van der Waals surface area contributed by atoms with Gasteiger partial charge in [-0.2, -0.15) is 0 Å². The monoisotopic (exact) mass is 415 g/mol. The molecule has 0 fully saturated rings. The Labute approximate surface area is 178 Å². The molecular weight excluding hydrogens is 398 g/mol. The molecule has 0 saturated heterocycles. The molecule has 0 aliphatic carbocycles. The molecule has 0 amide bonds. The molecule has 0 aliphatic heterocycles. The van der Waals surface area contributed by atoms with E-state index < -0.39 is 5.56 Å². The molecule has 3 aromatic carbocycles. The summed E-state index contributed by atoms with van der Waals surface area (Å²) in [6.45, 7) is 0. The summed E-state index contributed by atoms with van der Waals surface area (Å²) in [4.78, 5) is 28.8. The fourth-order valence-electron chi connectivity index (χ4n) is 3.38. The van der Waals surface area contributed by atoms with Crippen molar-refractivity contribution in [3.05, 3.63) is 105 Å². The van der Waals surface area contributed by atoms with Crippen LogP contribution in [0, 0.1) is 0 Å². The normalized spacial score (nSPS) is 11.1. The Morgan fingerprint density at radius 2 is 1.73 bits per heavy atom. The number of H-pyrrole nitrogens is 1. The number of nitrogens with one attached hydrogen (secondary N) is 1. The highest BCUT2D eigenvalue weighted by Gasteiger charge is 2.19. The van der Waals surface area contributed by atoms with Crippen molar-refractivity contribution in [3.8, 4) is 16.9 Å². The number of aromatic amines is 1. The van der Waals surface area contributed by atoms with Gasteiger partial charge in [-0.15, -0.1) is 0 Å². The number of halogens is 1. The molecule has 4 aromatic rings. The van der Waals surface area contributed by atoms with Crippen molar-refractivity contribution < 1.29 is 9.53 Å². The maximum atomic E-state index is 13.1. The first-order chi connectivity index (χ1) is 14.6. The molecule has 4 rings (SSSR count). The average molecular weight is 416 g/mol. The van der Waals surface area contributed by atoms with E-state index in [4.69, 9.17) is 16.3 Å². The smallest absolute Gasteiger partial charge is 0.260 e. The minimum Gasteiger partial charge on any atom is -0.497 e. The SMILES string of the molecule is COc1ccc(/C=C/C(=O)c2c(-c3ccccc3)c3cc(Cl)ccc3[nH]c2=O)cc1. The van der Waals surface area contributed by atoms with Crippen LogP contribution in [0.15, 0.2) is 83.7 Å². The lowest BCUT2D eigenvalue weighted by Gasteiger charge is -2.11. The minimum absolute atomic E-state index is 0.0840. The van der Waals surface area contributed by atoms with E-state index in [2.05, 4.69) is 4.98 Å². The third-order valence-electron chi connectivity index (χ3n) is 4.83. The average Bonchev–Trinajstić information content (AvgIpc) is 2.78. The van der Waals surface area contributed by atoms with Crippen LogP contribution in [0.2, 0.25) is 5.02 Å². The van der Waals surface area contributed by atoms with Gasteiger partial charge in [0.2, 0.25) is 0 Å². The first-order valence-corrected chi connectivity index (χ1v) is 9.72. The summed E-state index contributed by atoms with van der Waals surface area (Å²) in [5.41, 5.74) is 2.44. The Kier molecular flexibility index (Phi) is 5.50. The van der Waals surface area contributed by atoms with E-state index in [0.29, 0.717) is 16.1 Å². The molecule has 0 spiro atoms. The third-order valence-corrected chi connectivity index (χ3v) is 5.06. The number of hydrogen-bond acceptors (Lipinski definition) is 3. The van der Waals surface area contributed by atoms with E-state index in [1.54, 1.807) is 31.4 Å². The van der Waals surface area contributed by atoms with Crippen molar-refractivity contribution in [1.82, 2.24) is 4.98 Å². The number of rotatable bonds is 5. The summed E-state index contributed by atoms with van der Waals surface area (Å²) < 4.78 is 5.15. The Balaban J connectivity index is 1.87. The summed E-state index contributed by atoms with van der Waals surface area (Å²) in [6, 6.07) is 21.9. The summed E-state index contributed by atoms with van der Waals surface area (Å²) >= 11 is 6.21. The number of hydrogen-bond donors (Lipinski definition) is 1. The standard InChI is InChI=1S/C25H18ClNO3/c1-30-19-11-7-16(8-12-19)9-14-22(28)24-23(17-5-3-2-4-6-17)20-15-18(26)10-13-21(20)27-25(24)29/h2-15H,1H3,(H,27,29)/b14-9+. The van der Waals surface area contributed by atoms with Crippen LogP contribution in [-0.4, -0.2) is 17.9 Å². The molecule has 1 N–H and O–H groups in total. The van der Waals surface area contributed by atoms with Gasteiger partial charge in [0, 0.05) is 21.5 Å². The second kappa shape index (κ2) is 8.39. The molecule has 0 unspecified atom stereocenters. The highest BCUT2D eigenvalue weighted by Crippen LogP contribution is 2.31. The van der Waals surface area contributed by atoms with Crippen LogP contribution < -0.4 is 10.3 Å².